The van der Waals surface area contributed by atoms with Gasteiger partial charge in [-0.15, -0.1) is 0 Å². The van der Waals surface area contributed by atoms with Gasteiger partial charge >= 0.3 is 21.5 Å². The Morgan fingerprint density at radius 3 is 1.70 bits per heavy atom. The average Bonchev–Trinajstić information content (AvgIpc) is 2.44. The molecule has 0 aromatic carbocycles. The van der Waals surface area contributed by atoms with Crippen molar-refractivity contribution >= 4 is 10.1 Å². The zero-order valence-corrected chi connectivity index (χ0v) is 16.6. The molecule has 12 heteroatoms. The average molecular weight is 434 g/mol. The van der Waals surface area contributed by atoms with Gasteiger partial charge in [0.15, 0.2) is 0 Å². The number of alkyl halides is 7. The van der Waals surface area contributed by atoms with Gasteiger partial charge in [-0.25, -0.2) is 13.2 Å². The van der Waals surface area contributed by atoms with E-state index in [1.54, 1.807) is 0 Å². The van der Waals surface area contributed by atoms with Gasteiger partial charge < -0.3 is 4.74 Å². The van der Waals surface area contributed by atoms with Gasteiger partial charge in [-0.2, -0.15) is 26.0 Å². The van der Waals surface area contributed by atoms with E-state index >= 15 is 0 Å². The fraction of sp³-hybridized carbons (Fsp3) is 1.00. The highest BCUT2D eigenvalue weighted by atomic mass is 32.2. The predicted octanol–water partition coefficient (Wildman–Crippen LogP) is 5.09. The quantitative estimate of drug-likeness (QED) is 0.385. The minimum atomic E-state index is -6.62. The summed E-state index contributed by atoms with van der Waals surface area (Å²) in [5, 5.41) is -6.10. The topological polar surface area (TPSA) is 63.6 Å². The molecule has 0 aliphatic heterocycles. The van der Waals surface area contributed by atoms with Gasteiger partial charge in [0.2, 0.25) is 0 Å². The van der Waals surface area contributed by atoms with E-state index in [9.17, 15) is 39.2 Å². The third-order valence-electron chi connectivity index (χ3n) is 5.18. The molecule has 164 valence electrons. The molecule has 0 saturated carbocycles. The summed E-state index contributed by atoms with van der Waals surface area (Å²) in [5.41, 5.74) is -7.32. The lowest BCUT2D eigenvalue weighted by atomic mass is 9.69. The third-order valence-corrected chi connectivity index (χ3v) is 6.06. The van der Waals surface area contributed by atoms with E-state index in [-0.39, 0.29) is 6.42 Å². The molecule has 0 spiro atoms. The van der Waals surface area contributed by atoms with Crippen LogP contribution in [-0.2, 0) is 14.9 Å². The maximum Gasteiger partial charge on any atom is 0.459 e. The van der Waals surface area contributed by atoms with E-state index in [2.05, 4.69) is 4.74 Å². The first kappa shape index (κ1) is 26.4. The number of hydrogen-bond donors (Lipinski definition) is 1. The maximum absolute atomic E-state index is 14.8. The van der Waals surface area contributed by atoms with Gasteiger partial charge in [0.05, 0.1) is 6.10 Å². The Hall–Kier alpha value is -0.620. The van der Waals surface area contributed by atoms with Gasteiger partial charge in [-0.3, -0.25) is 4.55 Å². The predicted molar refractivity (Wildman–Crippen MR) is 84.6 cm³/mol. The number of hydrogen-bond acceptors (Lipinski definition) is 3. The highest BCUT2D eigenvalue weighted by Gasteiger charge is 2.69. The van der Waals surface area contributed by atoms with Gasteiger partial charge in [-0.05, 0) is 27.2 Å². The Labute approximate surface area is 154 Å². The van der Waals surface area contributed by atoms with Crippen LogP contribution in [0, 0.1) is 5.41 Å². The molecule has 0 aromatic rings. The van der Waals surface area contributed by atoms with Crippen molar-refractivity contribution in [3.8, 4) is 0 Å². The molecule has 0 bridgehead atoms. The fourth-order valence-electron chi connectivity index (χ4n) is 2.16. The van der Waals surface area contributed by atoms with Crippen LogP contribution < -0.4 is 0 Å². The summed E-state index contributed by atoms with van der Waals surface area (Å²) in [6, 6.07) is 0. The summed E-state index contributed by atoms with van der Waals surface area (Å²) in [7, 11) is -6.62. The van der Waals surface area contributed by atoms with Crippen molar-refractivity contribution in [2.75, 3.05) is 0 Å². The van der Waals surface area contributed by atoms with E-state index in [0.717, 1.165) is 27.7 Å². The van der Waals surface area contributed by atoms with Crippen LogP contribution >= 0.6 is 0 Å². The van der Waals surface area contributed by atoms with Crippen molar-refractivity contribution in [3.63, 3.8) is 0 Å². The molecule has 27 heavy (non-hydrogen) atoms. The second kappa shape index (κ2) is 7.66. The first-order valence-electron chi connectivity index (χ1n) is 7.99. The van der Waals surface area contributed by atoms with Crippen molar-refractivity contribution in [2.24, 2.45) is 5.41 Å². The van der Waals surface area contributed by atoms with Crippen LogP contribution in [0.2, 0.25) is 0 Å². The van der Waals surface area contributed by atoms with E-state index in [1.807, 2.05) is 0 Å². The van der Waals surface area contributed by atoms with Crippen molar-refractivity contribution in [2.45, 2.75) is 89.4 Å². The first-order valence-corrected chi connectivity index (χ1v) is 9.43. The van der Waals surface area contributed by atoms with Gasteiger partial charge in [0, 0.05) is 11.8 Å². The molecule has 4 nitrogen and oxygen atoms in total. The van der Waals surface area contributed by atoms with Gasteiger partial charge in [-0.1, -0.05) is 20.8 Å². The molecule has 0 amide bonds. The molecule has 0 rings (SSSR count). The smallest absolute Gasteiger partial charge is 0.311 e. The number of ether oxygens (including phenoxy) is 1. The van der Waals surface area contributed by atoms with Crippen LogP contribution in [0.15, 0.2) is 0 Å². The molecule has 4 atom stereocenters. The minimum absolute atomic E-state index is 0.325. The fourth-order valence-corrected chi connectivity index (χ4v) is 2.51. The van der Waals surface area contributed by atoms with E-state index in [1.165, 1.54) is 6.92 Å². The molecule has 0 heterocycles. The highest BCUT2D eigenvalue weighted by molar-refractivity contribution is 7.86. The first-order chi connectivity index (χ1) is 11.6. The summed E-state index contributed by atoms with van der Waals surface area (Å²) in [6.45, 7) is 5.56. The van der Waals surface area contributed by atoms with Crippen LogP contribution in [0.4, 0.5) is 30.7 Å². The summed E-state index contributed by atoms with van der Waals surface area (Å²) >= 11 is 0. The summed E-state index contributed by atoms with van der Waals surface area (Å²) in [5.74, 6) is 0. The summed E-state index contributed by atoms with van der Waals surface area (Å²) in [6.07, 6.45) is -12.1. The lowest BCUT2D eigenvalue weighted by Crippen LogP contribution is -2.57. The lowest BCUT2D eigenvalue weighted by molar-refractivity contribution is -0.354. The molecule has 1 N–H and O–H groups in total. The normalized spacial score (nSPS) is 21.3. The second-order valence-corrected chi connectivity index (χ2v) is 8.95. The third kappa shape index (κ3) is 5.26. The van der Waals surface area contributed by atoms with Crippen molar-refractivity contribution in [1.29, 1.82) is 0 Å². The van der Waals surface area contributed by atoms with Gasteiger partial charge in [0.1, 0.15) is 17.5 Å². The molecular formula is C15H25F7O4S. The van der Waals surface area contributed by atoms with Crippen LogP contribution in [-0.4, -0.2) is 47.9 Å². The van der Waals surface area contributed by atoms with Crippen LogP contribution in [0.25, 0.3) is 0 Å². The molecule has 0 fully saturated rings. The zero-order chi connectivity index (χ0) is 22.3. The Morgan fingerprint density at radius 2 is 1.41 bits per heavy atom. The monoisotopic (exact) mass is 434 g/mol. The largest absolute Gasteiger partial charge is 0.459 e. The van der Waals surface area contributed by atoms with Crippen molar-refractivity contribution in [3.05, 3.63) is 0 Å². The number of rotatable bonds is 10. The molecule has 0 aliphatic carbocycles. The molecule has 0 radical (unpaired) electrons. The van der Waals surface area contributed by atoms with Crippen molar-refractivity contribution < 1.29 is 48.4 Å². The van der Waals surface area contributed by atoms with Crippen LogP contribution in [0.5, 0.6) is 0 Å². The van der Waals surface area contributed by atoms with E-state index in [0.29, 0.717) is 6.92 Å². The molecule has 0 aromatic heterocycles. The van der Waals surface area contributed by atoms with Gasteiger partial charge in [0.25, 0.3) is 0 Å². The minimum Gasteiger partial charge on any atom is -0.311 e. The maximum atomic E-state index is 14.8. The summed E-state index contributed by atoms with van der Waals surface area (Å²) in [4.78, 5) is 0. The lowest BCUT2D eigenvalue weighted by Gasteiger charge is -2.46. The Bertz CT molecular complexity index is 616. The van der Waals surface area contributed by atoms with Crippen molar-refractivity contribution in [1.82, 2.24) is 0 Å². The Kier molecular flexibility index (Phi) is 7.48. The molecule has 0 saturated heterocycles. The number of halogens is 7. The Balaban J connectivity index is 6.25. The van der Waals surface area contributed by atoms with Crippen LogP contribution in [0.3, 0.4) is 0 Å². The molecule has 4 unspecified atom stereocenters. The SMILES string of the molecule is CCC(C)(F)C(C)(C)C(CC(C)(F)C(C)F)OC(F)(F)C(F)(F)S(=O)(=O)O. The summed E-state index contributed by atoms with van der Waals surface area (Å²) < 4.78 is 131. The highest BCUT2D eigenvalue weighted by Crippen LogP contribution is 2.49. The zero-order valence-electron chi connectivity index (χ0n) is 15.8. The molecule has 0 aliphatic rings. The second-order valence-electron chi connectivity index (χ2n) is 7.49. The standard InChI is InChI=1S/C15H25F7O4S/c1-7-13(6,18)11(3,4)10(8-12(5,17)9(2)16)26-14(19,20)15(21,22)27(23,24)25/h9-10H,7-8H2,1-6H3,(H,23,24,25). The van der Waals surface area contributed by atoms with E-state index < -0.39 is 56.9 Å². The van der Waals surface area contributed by atoms with E-state index in [4.69, 9.17) is 4.55 Å². The van der Waals surface area contributed by atoms with Crippen LogP contribution in [0.1, 0.15) is 54.4 Å². The Morgan fingerprint density at radius 1 is 1.00 bits per heavy atom. The molecular weight excluding hydrogens is 409 g/mol.